The van der Waals surface area contributed by atoms with E-state index in [0.717, 1.165) is 0 Å². The zero-order valence-electron chi connectivity index (χ0n) is 5.35. The number of allylic oxidation sites excluding steroid dienone is 4. The fourth-order valence-corrected chi connectivity index (χ4v) is 3.76. The van der Waals surface area contributed by atoms with Gasteiger partial charge in [-0.15, -0.1) is 0 Å². The van der Waals surface area contributed by atoms with Crippen LogP contribution >= 0.6 is 0 Å². The molecule has 0 atom stereocenters. The molecule has 0 unspecified atom stereocenters. The molecule has 0 aromatic carbocycles. The van der Waals surface area contributed by atoms with Crippen LogP contribution in [0.5, 0.6) is 0 Å². The fourth-order valence-electron chi connectivity index (χ4n) is 0.998. The van der Waals surface area contributed by atoms with E-state index in [-0.39, 0.29) is 17.1 Å². The Balaban J connectivity index is 2.28. The number of hydrogen-bond donors (Lipinski definition) is 0. The van der Waals surface area contributed by atoms with Crippen molar-refractivity contribution >= 4 is 0 Å². The molecule has 40 valence electrons. The van der Waals surface area contributed by atoms with Gasteiger partial charge in [0.05, 0.1) is 0 Å². The van der Waals surface area contributed by atoms with E-state index in [1.807, 2.05) is 0 Å². The van der Waals surface area contributed by atoms with Gasteiger partial charge in [0.2, 0.25) is 0 Å². The van der Waals surface area contributed by atoms with Crippen molar-refractivity contribution in [3.8, 4) is 0 Å². The molecule has 0 radical (unpaired) electrons. The second kappa shape index (κ2) is 3.19. The Hall–Kier alpha value is 0.103. The third-order valence-electron chi connectivity index (χ3n) is 1.42. The van der Waals surface area contributed by atoms with E-state index in [0.29, 0.717) is 0 Å². The first kappa shape index (κ1) is 6.23. The van der Waals surface area contributed by atoms with Crippen molar-refractivity contribution in [1.29, 1.82) is 0 Å². The fraction of sp³-hybridized carbons (Fsp3) is 0.429. The minimum absolute atomic E-state index is 0.184. The van der Waals surface area contributed by atoms with Crippen molar-refractivity contribution in [1.82, 2.24) is 0 Å². The predicted molar refractivity (Wildman–Crippen MR) is 32.3 cm³/mol. The quantitative estimate of drug-likeness (QED) is 0.543. The van der Waals surface area contributed by atoms with Gasteiger partial charge in [-0.1, -0.05) is 0 Å². The van der Waals surface area contributed by atoms with Gasteiger partial charge in [-0.05, 0) is 0 Å². The molecule has 0 aromatic heterocycles. The minimum atomic E-state index is -0.184. The molecule has 1 rings (SSSR count). The Morgan fingerprint density at radius 1 is 1.75 bits per heavy atom. The molecule has 8 heavy (non-hydrogen) atoms. The maximum absolute atomic E-state index is 2.31. The molecule has 0 fully saturated rings. The summed E-state index contributed by atoms with van der Waals surface area (Å²) in [5, 5.41) is 1.47. The first-order valence-electron chi connectivity index (χ1n) is 3.28. The van der Waals surface area contributed by atoms with E-state index in [2.05, 4.69) is 25.2 Å². The van der Waals surface area contributed by atoms with Crippen LogP contribution in [-0.4, -0.2) is 0 Å². The van der Waals surface area contributed by atoms with Crippen molar-refractivity contribution < 1.29 is 17.1 Å². The molecule has 0 N–H and O–H groups in total. The van der Waals surface area contributed by atoms with Crippen LogP contribution in [0, 0.1) is 0 Å². The van der Waals surface area contributed by atoms with E-state index in [4.69, 9.17) is 0 Å². The Labute approximate surface area is 58.3 Å². The van der Waals surface area contributed by atoms with Gasteiger partial charge in [-0.2, -0.15) is 0 Å². The SMILES string of the molecule is C[CH2][Zn][C]1=CC=CC1. The van der Waals surface area contributed by atoms with E-state index in [1.54, 1.807) is 4.17 Å². The molecule has 1 aliphatic carbocycles. The average Bonchev–Trinajstić information content (AvgIpc) is 2.19. The molecule has 0 amide bonds. The average molecular weight is 160 g/mol. The zero-order chi connectivity index (χ0) is 5.82. The topological polar surface area (TPSA) is 0 Å². The van der Waals surface area contributed by atoms with Gasteiger partial charge in [0.1, 0.15) is 0 Å². The van der Waals surface area contributed by atoms with Crippen LogP contribution in [0.25, 0.3) is 0 Å². The Morgan fingerprint density at radius 3 is 3.12 bits per heavy atom. The van der Waals surface area contributed by atoms with E-state index >= 15 is 0 Å². The van der Waals surface area contributed by atoms with E-state index < -0.39 is 0 Å². The second-order valence-corrected chi connectivity index (χ2v) is 7.26. The van der Waals surface area contributed by atoms with E-state index in [1.165, 1.54) is 11.4 Å². The summed E-state index contributed by atoms with van der Waals surface area (Å²) in [6.07, 6.45) is 8.05. The molecular formula is C7H10Zn. The molecule has 1 heteroatoms. The first-order valence-corrected chi connectivity index (χ1v) is 6.86. The summed E-state index contributed by atoms with van der Waals surface area (Å²) < 4.78 is 1.78. The standard InChI is InChI=1S/C5H5.C2H5.Zn/c1-2-4-5-3-1;1-2;/h1-3H,4H2;1H2,2H3;. The first-order chi connectivity index (χ1) is 3.93. The van der Waals surface area contributed by atoms with Crippen LogP contribution in [-0.2, 0) is 17.1 Å². The molecule has 0 saturated heterocycles. The molecule has 1 aliphatic rings. The summed E-state index contributed by atoms with van der Waals surface area (Å²) >= 11 is -0.184. The van der Waals surface area contributed by atoms with Gasteiger partial charge in [0.25, 0.3) is 0 Å². The van der Waals surface area contributed by atoms with Crippen molar-refractivity contribution in [2.24, 2.45) is 0 Å². The summed E-state index contributed by atoms with van der Waals surface area (Å²) in [4.78, 5) is 0. The molecule has 0 aromatic rings. The van der Waals surface area contributed by atoms with Crippen molar-refractivity contribution in [3.63, 3.8) is 0 Å². The Morgan fingerprint density at radius 2 is 2.62 bits per heavy atom. The molecular weight excluding hydrogens is 149 g/mol. The summed E-state index contributed by atoms with van der Waals surface area (Å²) in [6, 6.07) is 0. The van der Waals surface area contributed by atoms with Gasteiger partial charge >= 0.3 is 57.9 Å². The van der Waals surface area contributed by atoms with Crippen LogP contribution in [0.4, 0.5) is 0 Å². The molecule has 0 spiro atoms. The van der Waals surface area contributed by atoms with Crippen LogP contribution in [0.1, 0.15) is 13.3 Å². The predicted octanol–water partition coefficient (Wildman–Crippen LogP) is 2.35. The third-order valence-corrected chi connectivity index (χ3v) is 4.92. The Kier molecular flexibility index (Phi) is 2.49. The van der Waals surface area contributed by atoms with Crippen LogP contribution in [0.3, 0.4) is 0 Å². The number of rotatable bonds is 2. The van der Waals surface area contributed by atoms with Crippen LogP contribution < -0.4 is 0 Å². The summed E-state index contributed by atoms with van der Waals surface area (Å²) in [7, 11) is 0. The third kappa shape index (κ3) is 1.56. The van der Waals surface area contributed by atoms with Gasteiger partial charge in [0, 0.05) is 0 Å². The Bertz CT molecular complexity index is 122. The molecule has 0 saturated carbocycles. The van der Waals surface area contributed by atoms with Gasteiger partial charge < -0.3 is 0 Å². The maximum atomic E-state index is 2.31. The molecule has 0 bridgehead atoms. The van der Waals surface area contributed by atoms with Crippen molar-refractivity contribution in [3.05, 3.63) is 22.4 Å². The molecule has 0 aliphatic heterocycles. The molecule has 0 nitrogen and oxygen atoms in total. The summed E-state index contributed by atoms with van der Waals surface area (Å²) in [6.45, 7) is 2.30. The zero-order valence-corrected chi connectivity index (χ0v) is 8.32. The van der Waals surface area contributed by atoms with Gasteiger partial charge in [-0.3, -0.25) is 0 Å². The normalized spacial score (nSPS) is 15.9. The van der Waals surface area contributed by atoms with Crippen LogP contribution in [0.2, 0.25) is 5.02 Å². The summed E-state index contributed by atoms with van der Waals surface area (Å²) in [5.41, 5.74) is 0. The summed E-state index contributed by atoms with van der Waals surface area (Å²) in [5.74, 6) is 0. The van der Waals surface area contributed by atoms with Gasteiger partial charge in [0.15, 0.2) is 0 Å². The van der Waals surface area contributed by atoms with Crippen LogP contribution in [0.15, 0.2) is 22.4 Å². The van der Waals surface area contributed by atoms with Gasteiger partial charge in [-0.25, -0.2) is 0 Å². The molecule has 0 heterocycles. The van der Waals surface area contributed by atoms with E-state index in [9.17, 15) is 0 Å². The monoisotopic (exact) mass is 158 g/mol. The number of hydrogen-bond acceptors (Lipinski definition) is 0. The van der Waals surface area contributed by atoms with Crippen molar-refractivity contribution in [2.75, 3.05) is 0 Å². The second-order valence-electron chi connectivity index (χ2n) is 2.21. The van der Waals surface area contributed by atoms with Crippen molar-refractivity contribution in [2.45, 2.75) is 18.4 Å².